The quantitative estimate of drug-likeness (QED) is 0.206. The van der Waals surface area contributed by atoms with Crippen molar-refractivity contribution in [2.45, 2.75) is 24.9 Å². The molecule has 0 aliphatic carbocycles. The minimum Gasteiger partial charge on any atom is -0.480 e. The smallest absolute Gasteiger partial charge is 0.326 e. The third-order valence-corrected chi connectivity index (χ3v) is 4.40. The zero-order valence-electron chi connectivity index (χ0n) is 16.5. The molecule has 0 fully saturated rings. The molecule has 4 amide bonds. The third kappa shape index (κ3) is 6.82. The van der Waals surface area contributed by atoms with E-state index in [-0.39, 0.29) is 6.42 Å². The molecular formula is C19H24N6O6. The van der Waals surface area contributed by atoms with Crippen LogP contribution in [-0.2, 0) is 30.4 Å². The van der Waals surface area contributed by atoms with E-state index in [0.29, 0.717) is 5.56 Å². The van der Waals surface area contributed by atoms with Gasteiger partial charge in [0.15, 0.2) is 0 Å². The molecule has 2 unspecified atom stereocenters. The molecule has 0 radical (unpaired) electrons. The van der Waals surface area contributed by atoms with Crippen molar-refractivity contribution in [2.75, 3.05) is 13.1 Å². The van der Waals surface area contributed by atoms with Gasteiger partial charge in [-0.3, -0.25) is 19.2 Å². The van der Waals surface area contributed by atoms with Crippen molar-refractivity contribution < 1.29 is 29.1 Å². The first kappa shape index (κ1) is 23.3. The van der Waals surface area contributed by atoms with Crippen LogP contribution in [0.2, 0.25) is 0 Å². The van der Waals surface area contributed by atoms with E-state index in [4.69, 9.17) is 11.5 Å². The van der Waals surface area contributed by atoms with Gasteiger partial charge >= 0.3 is 5.97 Å². The van der Waals surface area contributed by atoms with Crippen LogP contribution in [0.1, 0.15) is 12.0 Å². The summed E-state index contributed by atoms with van der Waals surface area (Å²) >= 11 is 0. The van der Waals surface area contributed by atoms with Gasteiger partial charge in [0.1, 0.15) is 12.1 Å². The minimum atomic E-state index is -1.30. The molecule has 0 aliphatic rings. The molecule has 2 atom stereocenters. The highest BCUT2D eigenvalue weighted by Crippen LogP contribution is 2.19. The number of carbonyl (C=O) groups excluding carboxylic acids is 4. The summed E-state index contributed by atoms with van der Waals surface area (Å²) in [6, 6.07) is 4.79. The van der Waals surface area contributed by atoms with Crippen LogP contribution < -0.4 is 27.4 Å². The topological polar surface area (TPSA) is 209 Å². The fourth-order valence-corrected chi connectivity index (χ4v) is 2.92. The van der Waals surface area contributed by atoms with Crippen LogP contribution in [0, 0.1) is 0 Å². The number of rotatable bonds is 11. The number of nitrogens with one attached hydrogen (secondary N) is 4. The first-order valence-electron chi connectivity index (χ1n) is 9.33. The van der Waals surface area contributed by atoms with E-state index >= 15 is 0 Å². The SMILES string of the molecule is NCC(=O)NC(CC(N)=O)C(=O)NCC(=O)NC(Cc1c[nH]c2ccccc12)C(=O)O. The number of hydrogen-bond acceptors (Lipinski definition) is 6. The Morgan fingerprint density at radius 1 is 1.03 bits per heavy atom. The Morgan fingerprint density at radius 3 is 2.35 bits per heavy atom. The summed E-state index contributed by atoms with van der Waals surface area (Å²) in [5, 5.41) is 17.1. The number of H-pyrrole nitrogens is 1. The van der Waals surface area contributed by atoms with E-state index in [1.54, 1.807) is 6.20 Å². The normalized spacial score (nSPS) is 12.5. The monoisotopic (exact) mass is 432 g/mol. The molecule has 2 rings (SSSR count). The standard InChI is InChI=1S/C19H24N6O6/c20-7-16(27)24-13(6-15(21)26)18(29)23-9-17(28)25-14(19(30)31)5-10-8-22-12-4-2-1-3-11(10)12/h1-4,8,13-14,22H,5-7,9,20H2,(H2,21,26)(H,23,29)(H,24,27)(H,25,28)(H,30,31). The number of aromatic nitrogens is 1. The van der Waals surface area contributed by atoms with E-state index in [9.17, 15) is 29.1 Å². The van der Waals surface area contributed by atoms with Crippen molar-refractivity contribution in [1.82, 2.24) is 20.9 Å². The largest absolute Gasteiger partial charge is 0.480 e. The van der Waals surface area contributed by atoms with Crippen LogP contribution in [-0.4, -0.2) is 64.9 Å². The maximum absolute atomic E-state index is 12.2. The first-order valence-corrected chi connectivity index (χ1v) is 9.33. The van der Waals surface area contributed by atoms with Gasteiger partial charge in [0.2, 0.25) is 23.6 Å². The molecule has 1 aromatic heterocycles. The van der Waals surface area contributed by atoms with Gasteiger partial charge in [-0.25, -0.2) is 4.79 Å². The number of aliphatic carboxylic acids is 1. The Labute approximate surface area is 176 Å². The number of fused-ring (bicyclic) bond motifs is 1. The number of carboxylic acids is 1. The van der Waals surface area contributed by atoms with Crippen LogP contribution in [0.3, 0.4) is 0 Å². The zero-order valence-corrected chi connectivity index (χ0v) is 16.5. The summed E-state index contributed by atoms with van der Waals surface area (Å²) < 4.78 is 0. The number of aromatic amines is 1. The molecule has 0 bridgehead atoms. The molecule has 2 aromatic rings. The molecule has 12 nitrogen and oxygen atoms in total. The third-order valence-electron chi connectivity index (χ3n) is 4.40. The Bertz CT molecular complexity index is 987. The summed E-state index contributed by atoms with van der Waals surface area (Å²) in [5.74, 6) is -4.36. The first-order chi connectivity index (χ1) is 14.7. The van der Waals surface area contributed by atoms with Crippen molar-refractivity contribution in [3.8, 4) is 0 Å². The van der Waals surface area contributed by atoms with E-state index in [1.165, 1.54) is 0 Å². The van der Waals surface area contributed by atoms with E-state index in [0.717, 1.165) is 10.9 Å². The van der Waals surface area contributed by atoms with Crippen molar-refractivity contribution in [2.24, 2.45) is 11.5 Å². The lowest BCUT2D eigenvalue weighted by molar-refractivity contribution is -0.141. The molecule has 0 saturated heterocycles. The van der Waals surface area contributed by atoms with Crippen LogP contribution in [0.5, 0.6) is 0 Å². The Hall–Kier alpha value is -3.93. The number of para-hydroxylation sites is 1. The van der Waals surface area contributed by atoms with E-state index in [1.807, 2.05) is 24.3 Å². The van der Waals surface area contributed by atoms with Gasteiger partial charge in [-0.15, -0.1) is 0 Å². The van der Waals surface area contributed by atoms with E-state index < -0.39 is 61.2 Å². The summed E-state index contributed by atoms with van der Waals surface area (Å²) in [6.45, 7) is -0.971. The number of carboxylic acid groups (broad SMARTS) is 1. The maximum atomic E-state index is 12.2. The zero-order chi connectivity index (χ0) is 23.0. The second kappa shape index (κ2) is 10.7. The molecule has 0 aliphatic heterocycles. The van der Waals surface area contributed by atoms with Gasteiger partial charge in [-0.2, -0.15) is 0 Å². The number of hydrogen-bond donors (Lipinski definition) is 7. The van der Waals surface area contributed by atoms with Crippen molar-refractivity contribution in [3.63, 3.8) is 0 Å². The van der Waals surface area contributed by atoms with Crippen LogP contribution in [0.15, 0.2) is 30.5 Å². The molecule has 1 heterocycles. The molecule has 0 saturated carbocycles. The lowest BCUT2D eigenvalue weighted by atomic mass is 10.0. The van der Waals surface area contributed by atoms with Crippen molar-refractivity contribution in [3.05, 3.63) is 36.0 Å². The van der Waals surface area contributed by atoms with Gasteiger partial charge in [0.25, 0.3) is 0 Å². The highest BCUT2D eigenvalue weighted by molar-refractivity contribution is 5.94. The molecule has 9 N–H and O–H groups in total. The Kier molecular flexibility index (Phi) is 8.09. The number of primary amides is 1. The maximum Gasteiger partial charge on any atom is 0.326 e. The highest BCUT2D eigenvalue weighted by Gasteiger charge is 2.25. The highest BCUT2D eigenvalue weighted by atomic mass is 16.4. The summed E-state index contributed by atoms with van der Waals surface area (Å²) in [4.78, 5) is 61.5. The van der Waals surface area contributed by atoms with Gasteiger partial charge in [0.05, 0.1) is 19.5 Å². The number of nitrogens with two attached hydrogens (primary N) is 2. The second-order valence-electron chi connectivity index (χ2n) is 6.73. The van der Waals surface area contributed by atoms with Gasteiger partial charge in [0, 0.05) is 23.5 Å². The van der Waals surface area contributed by atoms with Gasteiger partial charge in [-0.05, 0) is 11.6 Å². The van der Waals surface area contributed by atoms with Crippen LogP contribution in [0.25, 0.3) is 10.9 Å². The van der Waals surface area contributed by atoms with Gasteiger partial charge in [-0.1, -0.05) is 18.2 Å². The fourth-order valence-electron chi connectivity index (χ4n) is 2.92. The Balaban J connectivity index is 1.96. The second-order valence-corrected chi connectivity index (χ2v) is 6.73. The fraction of sp³-hybridized carbons (Fsp3) is 0.316. The minimum absolute atomic E-state index is 0.0237. The number of benzene rings is 1. The van der Waals surface area contributed by atoms with Crippen LogP contribution >= 0.6 is 0 Å². The van der Waals surface area contributed by atoms with E-state index in [2.05, 4.69) is 20.9 Å². The predicted octanol–water partition coefficient (Wildman–Crippen LogP) is -2.29. The van der Waals surface area contributed by atoms with Crippen LogP contribution in [0.4, 0.5) is 0 Å². The molecule has 0 spiro atoms. The summed E-state index contributed by atoms with van der Waals surface area (Å²) in [6.07, 6.45) is 1.20. The number of carbonyl (C=O) groups is 5. The average molecular weight is 432 g/mol. The molecule has 31 heavy (non-hydrogen) atoms. The lowest BCUT2D eigenvalue weighted by Crippen LogP contribution is -2.52. The molecule has 12 heteroatoms. The predicted molar refractivity (Wildman–Crippen MR) is 109 cm³/mol. The molecule has 1 aromatic carbocycles. The number of amides is 4. The molecular weight excluding hydrogens is 408 g/mol. The van der Waals surface area contributed by atoms with Crippen molar-refractivity contribution in [1.29, 1.82) is 0 Å². The molecule has 166 valence electrons. The van der Waals surface area contributed by atoms with Gasteiger partial charge < -0.3 is 37.5 Å². The van der Waals surface area contributed by atoms with Crippen molar-refractivity contribution >= 4 is 40.5 Å². The Morgan fingerprint density at radius 2 is 1.71 bits per heavy atom. The average Bonchev–Trinajstić information content (AvgIpc) is 3.13. The summed E-state index contributed by atoms with van der Waals surface area (Å²) in [7, 11) is 0. The summed E-state index contributed by atoms with van der Waals surface area (Å²) in [5.41, 5.74) is 11.8. The lowest BCUT2D eigenvalue weighted by Gasteiger charge is -2.18.